The first-order valence-corrected chi connectivity index (χ1v) is 14.5. The Hall–Kier alpha value is -3.64. The Morgan fingerprint density at radius 3 is 2.30 bits per heavy atom. The van der Waals surface area contributed by atoms with Gasteiger partial charge in [-0.15, -0.1) is 0 Å². The largest absolute Gasteiger partial charge is 0.497 e. The number of Topliss-reactive ketones (excluding diaryl/α,β-unsaturated/α-hetero) is 1. The Morgan fingerprint density at radius 1 is 1.02 bits per heavy atom. The highest BCUT2D eigenvalue weighted by molar-refractivity contribution is 7.89. The number of ketones is 1. The van der Waals surface area contributed by atoms with Gasteiger partial charge in [0.05, 0.1) is 32.8 Å². The van der Waals surface area contributed by atoms with E-state index in [-0.39, 0.29) is 35.8 Å². The number of benzene rings is 2. The Kier molecular flexibility index (Phi) is 10.5. The average Bonchev–Trinajstić information content (AvgIpc) is 3.15. The summed E-state index contributed by atoms with van der Waals surface area (Å²) in [5.41, 5.74) is 0.193. The number of nitrogens with zero attached hydrogens (tertiary/aromatic N) is 1. The predicted molar refractivity (Wildman–Crippen MR) is 148 cm³/mol. The molecule has 1 heterocycles. The predicted octanol–water partition coefficient (Wildman–Crippen LogP) is 2.40. The zero-order chi connectivity index (χ0) is 29.4. The van der Waals surface area contributed by atoms with E-state index in [1.807, 2.05) is 13.8 Å². The normalized spacial score (nSPS) is 16.6. The fourth-order valence-corrected chi connectivity index (χ4v) is 6.15. The summed E-state index contributed by atoms with van der Waals surface area (Å²) in [5, 5.41) is 5.68. The molecule has 0 radical (unpaired) electrons. The van der Waals surface area contributed by atoms with Crippen LogP contribution in [0.4, 0.5) is 0 Å². The number of nitrogens with one attached hydrogen (secondary N) is 2. The fourth-order valence-electron chi connectivity index (χ4n) is 4.53. The van der Waals surface area contributed by atoms with Crippen LogP contribution in [0.5, 0.6) is 17.2 Å². The molecule has 2 atom stereocenters. The SMILES string of the molecule is COc1ccc(S(=O)(=O)N(C(=O)C(CC(C)C)NC(=O)c2ccc(OC)c(OC)c2)[C@H]2CCCNCC2=O)cc1. The molecule has 1 fully saturated rings. The standard InChI is InChI=1S/C28H37N3O8S/c1-18(2)15-22(30-27(33)19-8-13-25(38-4)26(16-19)39-5)28(34)31(23-7-6-14-29-17-24(23)32)40(35,36)21-11-9-20(37-3)10-12-21/h8-13,16,18,22-23,29H,6-7,14-15,17H2,1-5H3,(H,30,33)/t22?,23-/m0/s1. The second-order valence-corrected chi connectivity index (χ2v) is 11.7. The van der Waals surface area contributed by atoms with Crippen molar-refractivity contribution in [1.29, 1.82) is 0 Å². The summed E-state index contributed by atoms with van der Waals surface area (Å²) >= 11 is 0. The monoisotopic (exact) mass is 575 g/mol. The fraction of sp³-hybridized carbons (Fsp3) is 0.464. The number of rotatable bonds is 11. The van der Waals surface area contributed by atoms with Crippen molar-refractivity contribution in [3.8, 4) is 17.2 Å². The third kappa shape index (κ3) is 7.11. The molecule has 1 saturated heterocycles. The van der Waals surface area contributed by atoms with Crippen molar-refractivity contribution in [3.05, 3.63) is 48.0 Å². The molecule has 11 nitrogen and oxygen atoms in total. The average molecular weight is 576 g/mol. The van der Waals surface area contributed by atoms with E-state index in [4.69, 9.17) is 14.2 Å². The smallest absolute Gasteiger partial charge is 0.267 e. The molecule has 1 unspecified atom stereocenters. The molecule has 218 valence electrons. The Morgan fingerprint density at radius 2 is 1.70 bits per heavy atom. The number of amides is 2. The van der Waals surface area contributed by atoms with Gasteiger partial charge in [0.1, 0.15) is 17.8 Å². The quantitative estimate of drug-likeness (QED) is 0.413. The van der Waals surface area contributed by atoms with E-state index in [0.717, 1.165) is 0 Å². The molecule has 1 aliphatic rings. The van der Waals surface area contributed by atoms with Crippen molar-refractivity contribution in [1.82, 2.24) is 14.9 Å². The van der Waals surface area contributed by atoms with Gasteiger partial charge in [-0.05, 0) is 74.2 Å². The number of hydrogen-bond acceptors (Lipinski definition) is 9. The highest BCUT2D eigenvalue weighted by Crippen LogP contribution is 2.29. The summed E-state index contributed by atoms with van der Waals surface area (Å²) in [4.78, 5) is 40.4. The number of ether oxygens (including phenoxy) is 3. The van der Waals surface area contributed by atoms with Crippen molar-refractivity contribution in [2.45, 2.75) is 50.1 Å². The summed E-state index contributed by atoms with van der Waals surface area (Å²) in [6, 6.07) is 7.69. The lowest BCUT2D eigenvalue weighted by molar-refractivity contribution is -0.135. The molecule has 0 spiro atoms. The van der Waals surface area contributed by atoms with Crippen molar-refractivity contribution in [3.63, 3.8) is 0 Å². The van der Waals surface area contributed by atoms with Gasteiger partial charge in [-0.2, -0.15) is 0 Å². The topological polar surface area (TPSA) is 140 Å². The van der Waals surface area contributed by atoms with E-state index in [2.05, 4.69) is 10.6 Å². The van der Waals surface area contributed by atoms with Crippen LogP contribution in [0.15, 0.2) is 47.4 Å². The van der Waals surface area contributed by atoms with Gasteiger partial charge in [0.2, 0.25) is 0 Å². The maximum atomic E-state index is 14.2. The summed E-state index contributed by atoms with van der Waals surface area (Å²) in [6.45, 7) is 4.15. The van der Waals surface area contributed by atoms with E-state index < -0.39 is 39.7 Å². The minimum absolute atomic E-state index is 0.0700. The number of carbonyl (C=O) groups is 3. The summed E-state index contributed by atoms with van der Waals surface area (Å²) < 4.78 is 44.3. The Balaban J connectivity index is 2.04. The van der Waals surface area contributed by atoms with Crippen molar-refractivity contribution in [2.75, 3.05) is 34.4 Å². The molecule has 0 bridgehead atoms. The second-order valence-electron chi connectivity index (χ2n) is 9.84. The van der Waals surface area contributed by atoms with Gasteiger partial charge in [-0.1, -0.05) is 13.8 Å². The maximum absolute atomic E-state index is 14.2. The zero-order valence-electron chi connectivity index (χ0n) is 23.4. The molecule has 0 aliphatic carbocycles. The van der Waals surface area contributed by atoms with Crippen LogP contribution in [0.1, 0.15) is 43.5 Å². The van der Waals surface area contributed by atoms with E-state index in [9.17, 15) is 22.8 Å². The first kappa shape index (κ1) is 30.9. The summed E-state index contributed by atoms with van der Waals surface area (Å²) in [6.07, 6.45) is 0.793. The molecule has 1 aliphatic heterocycles. The van der Waals surface area contributed by atoms with Gasteiger partial charge in [0.25, 0.3) is 21.8 Å². The Labute approximate surface area is 235 Å². The van der Waals surface area contributed by atoms with Crippen LogP contribution < -0.4 is 24.8 Å². The third-order valence-corrected chi connectivity index (χ3v) is 8.40. The van der Waals surface area contributed by atoms with Gasteiger partial charge < -0.3 is 24.8 Å². The minimum Gasteiger partial charge on any atom is -0.497 e. The lowest BCUT2D eigenvalue weighted by Gasteiger charge is -2.33. The lowest BCUT2D eigenvalue weighted by atomic mass is 10.0. The van der Waals surface area contributed by atoms with Crippen LogP contribution in [0.25, 0.3) is 0 Å². The summed E-state index contributed by atoms with van der Waals surface area (Å²) in [7, 11) is -0.126. The van der Waals surface area contributed by atoms with E-state index >= 15 is 0 Å². The Bertz CT molecular complexity index is 1310. The zero-order valence-corrected chi connectivity index (χ0v) is 24.2. The van der Waals surface area contributed by atoms with E-state index in [1.165, 1.54) is 57.7 Å². The molecule has 40 heavy (non-hydrogen) atoms. The van der Waals surface area contributed by atoms with E-state index in [1.54, 1.807) is 6.07 Å². The van der Waals surface area contributed by atoms with Crippen LogP contribution in [-0.4, -0.2) is 76.8 Å². The number of carbonyl (C=O) groups excluding carboxylic acids is 3. The van der Waals surface area contributed by atoms with Crippen LogP contribution in [0.2, 0.25) is 0 Å². The molecular weight excluding hydrogens is 538 g/mol. The molecule has 0 saturated carbocycles. The molecule has 3 rings (SSSR count). The molecular formula is C28H37N3O8S. The molecule has 2 aromatic rings. The molecule has 2 amide bonds. The van der Waals surface area contributed by atoms with Crippen molar-refractivity contribution >= 4 is 27.6 Å². The number of methoxy groups -OCH3 is 3. The molecule has 2 N–H and O–H groups in total. The highest BCUT2D eigenvalue weighted by Gasteiger charge is 2.43. The second kappa shape index (κ2) is 13.6. The van der Waals surface area contributed by atoms with Crippen LogP contribution >= 0.6 is 0 Å². The maximum Gasteiger partial charge on any atom is 0.267 e. The van der Waals surface area contributed by atoms with Gasteiger partial charge >= 0.3 is 0 Å². The van der Waals surface area contributed by atoms with Crippen molar-refractivity contribution in [2.24, 2.45) is 5.92 Å². The first-order valence-electron chi connectivity index (χ1n) is 13.0. The van der Waals surface area contributed by atoms with E-state index in [0.29, 0.717) is 34.5 Å². The van der Waals surface area contributed by atoms with Gasteiger partial charge in [-0.25, -0.2) is 12.7 Å². The molecule has 12 heteroatoms. The summed E-state index contributed by atoms with van der Waals surface area (Å²) in [5.74, 6) is -0.803. The highest BCUT2D eigenvalue weighted by atomic mass is 32.2. The van der Waals surface area contributed by atoms with Crippen LogP contribution in [0, 0.1) is 5.92 Å². The minimum atomic E-state index is -4.48. The van der Waals surface area contributed by atoms with Gasteiger partial charge in [0.15, 0.2) is 17.3 Å². The van der Waals surface area contributed by atoms with Crippen LogP contribution in [-0.2, 0) is 19.6 Å². The van der Waals surface area contributed by atoms with Gasteiger partial charge in [-0.3, -0.25) is 14.4 Å². The van der Waals surface area contributed by atoms with Crippen LogP contribution in [0.3, 0.4) is 0 Å². The third-order valence-electron chi connectivity index (χ3n) is 6.57. The number of hydrogen-bond donors (Lipinski definition) is 2. The van der Waals surface area contributed by atoms with Crippen molar-refractivity contribution < 1.29 is 37.0 Å². The molecule has 2 aromatic carbocycles. The van der Waals surface area contributed by atoms with Gasteiger partial charge in [0, 0.05) is 5.56 Å². The lowest BCUT2D eigenvalue weighted by Crippen LogP contribution is -2.56. The number of sulfonamides is 1. The first-order chi connectivity index (χ1) is 19.0. The molecule has 0 aromatic heterocycles.